The van der Waals surface area contributed by atoms with E-state index >= 15 is 0 Å². The van der Waals surface area contributed by atoms with Crippen molar-refractivity contribution in [2.24, 2.45) is 0 Å². The third-order valence-electron chi connectivity index (χ3n) is 5.18. The molecule has 1 unspecified atom stereocenters. The number of fused-ring (bicyclic) bond motifs is 3. The molecule has 0 radical (unpaired) electrons. The van der Waals surface area contributed by atoms with E-state index in [1.54, 1.807) is 18.6 Å². The summed E-state index contributed by atoms with van der Waals surface area (Å²) in [6.45, 7) is 6.42. The highest BCUT2D eigenvalue weighted by molar-refractivity contribution is 5.86. The fourth-order valence-electron chi connectivity index (χ4n) is 3.85. The van der Waals surface area contributed by atoms with Crippen LogP contribution in [-0.4, -0.2) is 38.1 Å². The van der Waals surface area contributed by atoms with Gasteiger partial charge in [-0.15, -0.1) is 0 Å². The molecule has 4 rings (SSSR count). The first kappa shape index (κ1) is 16.2. The van der Waals surface area contributed by atoms with Crippen LogP contribution < -0.4 is 0 Å². The lowest BCUT2D eigenvalue weighted by Crippen LogP contribution is -2.32. The standard InChI is InChI=1S/C20H24N4O/c1-14-4-5-17-15(10-14)16-12-23(3)9-6-18(16)24(17)13-20(2,25)19-11-21-7-8-22-19/h4-5,7-8,10-11,25H,6,9,12-13H2,1-3H3. The minimum absolute atomic E-state index is 0.476. The molecule has 0 saturated heterocycles. The van der Waals surface area contributed by atoms with Crippen LogP contribution >= 0.6 is 0 Å². The molecule has 0 saturated carbocycles. The average molecular weight is 336 g/mol. The van der Waals surface area contributed by atoms with Gasteiger partial charge in [-0.3, -0.25) is 9.97 Å². The summed E-state index contributed by atoms with van der Waals surface area (Å²) < 4.78 is 2.28. The molecule has 5 heteroatoms. The smallest absolute Gasteiger partial charge is 0.123 e. The molecule has 0 spiro atoms. The van der Waals surface area contributed by atoms with E-state index in [0.717, 1.165) is 19.5 Å². The highest BCUT2D eigenvalue weighted by Crippen LogP contribution is 2.33. The maximum Gasteiger partial charge on any atom is 0.123 e. The molecule has 130 valence electrons. The lowest BCUT2D eigenvalue weighted by Gasteiger charge is -2.28. The Labute approximate surface area is 147 Å². The second kappa shape index (κ2) is 5.93. The minimum atomic E-state index is -1.07. The van der Waals surface area contributed by atoms with Gasteiger partial charge in [0.25, 0.3) is 0 Å². The molecule has 0 bridgehead atoms. The van der Waals surface area contributed by atoms with Crippen LogP contribution in [0.4, 0.5) is 0 Å². The van der Waals surface area contributed by atoms with Crippen molar-refractivity contribution < 1.29 is 5.11 Å². The van der Waals surface area contributed by atoms with Crippen molar-refractivity contribution >= 4 is 10.9 Å². The summed E-state index contributed by atoms with van der Waals surface area (Å²) in [6, 6.07) is 6.58. The lowest BCUT2D eigenvalue weighted by molar-refractivity contribution is 0.0337. The Morgan fingerprint density at radius 1 is 1.28 bits per heavy atom. The predicted molar refractivity (Wildman–Crippen MR) is 98.3 cm³/mol. The van der Waals surface area contributed by atoms with Crippen molar-refractivity contribution in [1.29, 1.82) is 0 Å². The summed E-state index contributed by atoms with van der Waals surface area (Å²) in [6.07, 6.45) is 5.91. The average Bonchev–Trinajstić information content (AvgIpc) is 2.88. The number of aromatic nitrogens is 3. The highest BCUT2D eigenvalue weighted by atomic mass is 16.3. The third kappa shape index (κ3) is 2.83. The number of likely N-dealkylation sites (N-methyl/N-ethyl adjacent to an activating group) is 1. The quantitative estimate of drug-likeness (QED) is 0.799. The second-order valence-corrected chi connectivity index (χ2v) is 7.38. The van der Waals surface area contributed by atoms with Crippen LogP contribution in [0, 0.1) is 6.92 Å². The molecular formula is C20H24N4O. The first-order chi connectivity index (χ1) is 12.0. The van der Waals surface area contributed by atoms with Crippen molar-refractivity contribution in [2.75, 3.05) is 13.6 Å². The Balaban J connectivity index is 1.85. The Morgan fingerprint density at radius 2 is 2.12 bits per heavy atom. The zero-order valence-corrected chi connectivity index (χ0v) is 15.0. The van der Waals surface area contributed by atoms with Gasteiger partial charge in [0.1, 0.15) is 5.60 Å². The molecule has 0 fully saturated rings. The molecule has 1 aliphatic heterocycles. The molecule has 3 heterocycles. The van der Waals surface area contributed by atoms with Crippen molar-refractivity contribution in [3.8, 4) is 0 Å². The van der Waals surface area contributed by atoms with Crippen molar-refractivity contribution in [3.63, 3.8) is 0 Å². The second-order valence-electron chi connectivity index (χ2n) is 7.38. The van der Waals surface area contributed by atoms with Crippen LogP contribution in [0.1, 0.15) is 29.4 Å². The van der Waals surface area contributed by atoms with E-state index < -0.39 is 5.60 Å². The summed E-state index contributed by atoms with van der Waals surface area (Å²) in [5.74, 6) is 0. The fourth-order valence-corrected chi connectivity index (χ4v) is 3.85. The van der Waals surface area contributed by atoms with Gasteiger partial charge in [-0.05, 0) is 38.6 Å². The SMILES string of the molecule is Cc1ccc2c(c1)c1c(n2CC(C)(O)c2cnccn2)CCN(C)C1. The maximum absolute atomic E-state index is 11.1. The summed E-state index contributed by atoms with van der Waals surface area (Å²) in [4.78, 5) is 10.8. The third-order valence-corrected chi connectivity index (χ3v) is 5.18. The van der Waals surface area contributed by atoms with Crippen LogP contribution in [0.25, 0.3) is 10.9 Å². The van der Waals surface area contributed by atoms with E-state index in [1.807, 2.05) is 6.92 Å². The number of nitrogens with zero attached hydrogens (tertiary/aromatic N) is 4. The van der Waals surface area contributed by atoms with E-state index in [4.69, 9.17) is 0 Å². The van der Waals surface area contributed by atoms with Gasteiger partial charge in [0.15, 0.2) is 0 Å². The van der Waals surface area contributed by atoms with Crippen molar-refractivity contribution in [1.82, 2.24) is 19.4 Å². The fraction of sp³-hybridized carbons (Fsp3) is 0.400. The summed E-state index contributed by atoms with van der Waals surface area (Å²) in [5, 5.41) is 12.4. The summed E-state index contributed by atoms with van der Waals surface area (Å²) in [7, 11) is 2.16. The molecule has 5 nitrogen and oxygen atoms in total. The van der Waals surface area contributed by atoms with E-state index in [9.17, 15) is 5.11 Å². The molecule has 0 amide bonds. The lowest BCUT2D eigenvalue weighted by atomic mass is 10.0. The van der Waals surface area contributed by atoms with Crippen LogP contribution in [0.15, 0.2) is 36.8 Å². The number of aryl methyl sites for hydroxylation is 1. The zero-order valence-electron chi connectivity index (χ0n) is 15.0. The van der Waals surface area contributed by atoms with Gasteiger partial charge in [0.05, 0.1) is 18.4 Å². The van der Waals surface area contributed by atoms with Crippen molar-refractivity contribution in [2.45, 2.75) is 39.0 Å². The van der Waals surface area contributed by atoms with E-state index in [0.29, 0.717) is 12.2 Å². The molecule has 0 aliphatic carbocycles. The normalized spacial score (nSPS) is 17.4. The minimum Gasteiger partial charge on any atom is -0.382 e. The Kier molecular flexibility index (Phi) is 3.85. The van der Waals surface area contributed by atoms with Gasteiger partial charge < -0.3 is 14.6 Å². The highest BCUT2D eigenvalue weighted by Gasteiger charge is 2.30. The number of rotatable bonds is 3. The number of benzene rings is 1. The van der Waals surface area contributed by atoms with Gasteiger partial charge in [-0.1, -0.05) is 11.6 Å². The maximum atomic E-state index is 11.1. The predicted octanol–water partition coefficient (Wildman–Crippen LogP) is 2.64. The molecule has 25 heavy (non-hydrogen) atoms. The number of hydrogen-bond donors (Lipinski definition) is 1. The summed E-state index contributed by atoms with van der Waals surface area (Å²) in [5.41, 5.74) is 4.72. The van der Waals surface area contributed by atoms with Crippen molar-refractivity contribution in [3.05, 3.63) is 59.3 Å². The van der Waals surface area contributed by atoms with Gasteiger partial charge in [-0.25, -0.2) is 0 Å². The monoisotopic (exact) mass is 336 g/mol. The molecular weight excluding hydrogens is 312 g/mol. The molecule has 1 aliphatic rings. The Bertz CT molecular complexity index is 914. The molecule has 1 N–H and O–H groups in total. The summed E-state index contributed by atoms with van der Waals surface area (Å²) >= 11 is 0. The van der Waals surface area contributed by atoms with Crippen LogP contribution in [-0.2, 0) is 25.1 Å². The topological polar surface area (TPSA) is 54.2 Å². The van der Waals surface area contributed by atoms with Gasteiger partial charge >= 0.3 is 0 Å². The first-order valence-electron chi connectivity index (χ1n) is 8.74. The Morgan fingerprint density at radius 3 is 2.88 bits per heavy atom. The molecule has 1 atom stereocenters. The Hall–Kier alpha value is -2.24. The van der Waals surface area contributed by atoms with Crippen LogP contribution in [0.3, 0.4) is 0 Å². The van der Waals surface area contributed by atoms with Gasteiger partial charge in [0.2, 0.25) is 0 Å². The number of hydrogen-bond acceptors (Lipinski definition) is 4. The number of aliphatic hydroxyl groups is 1. The molecule has 1 aromatic carbocycles. The largest absolute Gasteiger partial charge is 0.382 e. The van der Waals surface area contributed by atoms with Gasteiger partial charge in [0, 0.05) is 48.5 Å². The van der Waals surface area contributed by atoms with Crippen LogP contribution in [0.2, 0.25) is 0 Å². The molecule has 3 aromatic rings. The van der Waals surface area contributed by atoms with E-state index in [2.05, 4.69) is 51.6 Å². The zero-order chi connectivity index (χ0) is 17.6. The van der Waals surface area contributed by atoms with Crippen LogP contribution in [0.5, 0.6) is 0 Å². The first-order valence-corrected chi connectivity index (χ1v) is 8.74. The van der Waals surface area contributed by atoms with Gasteiger partial charge in [-0.2, -0.15) is 0 Å². The van der Waals surface area contributed by atoms with E-state index in [1.165, 1.54) is 27.7 Å². The van der Waals surface area contributed by atoms with E-state index in [-0.39, 0.29) is 0 Å². The molecule has 2 aromatic heterocycles.